The van der Waals surface area contributed by atoms with Crippen molar-refractivity contribution in [2.45, 2.75) is 45.2 Å². The lowest BCUT2D eigenvalue weighted by Gasteiger charge is -2.20. The van der Waals surface area contributed by atoms with E-state index >= 15 is 0 Å². The van der Waals surface area contributed by atoms with Crippen molar-refractivity contribution >= 4 is 40.0 Å². The van der Waals surface area contributed by atoms with E-state index in [2.05, 4.69) is 36.4 Å². The molecule has 4 N–H and O–H groups in total. The van der Waals surface area contributed by atoms with Gasteiger partial charge < -0.3 is 10.6 Å². The predicted molar refractivity (Wildman–Crippen MR) is 105 cm³/mol. The number of aliphatic imine (C=N–C) groups is 1. The Labute approximate surface area is 156 Å². The number of sulfonamides is 1. The highest BCUT2D eigenvalue weighted by Crippen LogP contribution is 2.10. The summed E-state index contributed by atoms with van der Waals surface area (Å²) in [5.74, 6) is 1.19. The zero-order chi connectivity index (χ0) is 16.8. The molecule has 6 nitrogen and oxygen atoms in total. The average molecular weight is 454 g/mol. The highest BCUT2D eigenvalue weighted by Gasteiger charge is 2.10. The van der Waals surface area contributed by atoms with E-state index in [-0.39, 0.29) is 34.9 Å². The van der Waals surface area contributed by atoms with E-state index in [4.69, 9.17) is 5.14 Å². The number of primary sulfonamides is 1. The minimum Gasteiger partial charge on any atom is -0.357 e. The number of hydrogen-bond donors (Lipinski definition) is 3. The lowest BCUT2D eigenvalue weighted by Crippen LogP contribution is -2.44. The van der Waals surface area contributed by atoms with Crippen molar-refractivity contribution in [3.05, 3.63) is 29.8 Å². The Morgan fingerprint density at radius 2 is 1.96 bits per heavy atom. The number of nitrogens with two attached hydrogens (primary N) is 1. The second-order valence-electron chi connectivity index (χ2n) is 5.56. The first-order chi connectivity index (χ1) is 10.2. The van der Waals surface area contributed by atoms with Crippen molar-refractivity contribution in [2.75, 3.05) is 6.54 Å². The zero-order valence-electron chi connectivity index (χ0n) is 14.0. The molecule has 0 amide bonds. The van der Waals surface area contributed by atoms with Gasteiger partial charge in [0.25, 0.3) is 0 Å². The zero-order valence-corrected chi connectivity index (χ0v) is 17.2. The van der Waals surface area contributed by atoms with Gasteiger partial charge in [-0.3, -0.25) is 0 Å². The SMILES string of the molecule is CCNC(=NCc1cccc(S(N)(=O)=O)c1)NC(C)C(C)C.I. The number of hydrogen-bond acceptors (Lipinski definition) is 3. The van der Waals surface area contributed by atoms with Crippen molar-refractivity contribution in [3.63, 3.8) is 0 Å². The highest BCUT2D eigenvalue weighted by atomic mass is 127. The maximum Gasteiger partial charge on any atom is 0.238 e. The molecule has 0 radical (unpaired) electrons. The Morgan fingerprint density at radius 1 is 1.30 bits per heavy atom. The summed E-state index contributed by atoms with van der Waals surface area (Å²) in [7, 11) is -3.68. The number of nitrogens with one attached hydrogen (secondary N) is 2. The molecule has 0 saturated carbocycles. The Hall–Kier alpha value is -0.870. The molecule has 0 aromatic heterocycles. The maximum atomic E-state index is 11.4. The third-order valence-electron chi connectivity index (χ3n) is 3.36. The fourth-order valence-electron chi connectivity index (χ4n) is 1.69. The Balaban J connectivity index is 0.00000484. The molecule has 0 aliphatic carbocycles. The number of guanidine groups is 1. The van der Waals surface area contributed by atoms with Crippen molar-refractivity contribution in [1.29, 1.82) is 0 Å². The molecule has 1 aromatic carbocycles. The van der Waals surface area contributed by atoms with Crippen molar-refractivity contribution in [2.24, 2.45) is 16.0 Å². The van der Waals surface area contributed by atoms with Crippen LogP contribution >= 0.6 is 24.0 Å². The number of halogens is 1. The average Bonchev–Trinajstić information content (AvgIpc) is 2.44. The lowest BCUT2D eigenvalue weighted by molar-refractivity contribution is 0.481. The van der Waals surface area contributed by atoms with Crippen LogP contribution < -0.4 is 15.8 Å². The van der Waals surface area contributed by atoms with Gasteiger partial charge in [0, 0.05) is 12.6 Å². The Bertz CT molecular complexity index is 618. The third-order valence-corrected chi connectivity index (χ3v) is 4.27. The van der Waals surface area contributed by atoms with Crippen LogP contribution in [0.15, 0.2) is 34.2 Å². The third kappa shape index (κ3) is 7.98. The quantitative estimate of drug-likeness (QED) is 0.348. The summed E-state index contributed by atoms with van der Waals surface area (Å²) in [6.07, 6.45) is 0. The van der Waals surface area contributed by atoms with Crippen molar-refractivity contribution < 1.29 is 8.42 Å². The topological polar surface area (TPSA) is 96.6 Å². The fraction of sp³-hybridized carbons (Fsp3) is 0.533. The van der Waals surface area contributed by atoms with Gasteiger partial charge in [-0.1, -0.05) is 26.0 Å². The minimum atomic E-state index is -3.68. The van der Waals surface area contributed by atoms with Crippen molar-refractivity contribution in [1.82, 2.24) is 10.6 Å². The largest absolute Gasteiger partial charge is 0.357 e. The highest BCUT2D eigenvalue weighted by molar-refractivity contribution is 14.0. The normalized spacial score (nSPS) is 13.4. The summed E-state index contributed by atoms with van der Waals surface area (Å²) in [5.41, 5.74) is 0.793. The first-order valence-corrected chi connectivity index (χ1v) is 8.95. The Morgan fingerprint density at radius 3 is 2.48 bits per heavy atom. The van der Waals surface area contributed by atoms with Gasteiger partial charge in [-0.15, -0.1) is 24.0 Å². The molecule has 1 aromatic rings. The van der Waals surface area contributed by atoms with E-state index in [0.717, 1.165) is 12.1 Å². The van der Waals surface area contributed by atoms with Gasteiger partial charge in [0.05, 0.1) is 11.4 Å². The minimum absolute atomic E-state index is 0. The second-order valence-corrected chi connectivity index (χ2v) is 7.13. The van der Waals surface area contributed by atoms with E-state index in [0.29, 0.717) is 18.4 Å². The molecular weight excluding hydrogens is 427 g/mol. The smallest absolute Gasteiger partial charge is 0.238 e. The van der Waals surface area contributed by atoms with Crippen LogP contribution in [0.2, 0.25) is 0 Å². The molecule has 0 fully saturated rings. The molecule has 0 aliphatic rings. The lowest BCUT2D eigenvalue weighted by atomic mass is 10.1. The van der Waals surface area contributed by atoms with Crippen LogP contribution in [-0.4, -0.2) is 27.0 Å². The predicted octanol–water partition coefficient (Wildman–Crippen LogP) is 2.05. The van der Waals surface area contributed by atoms with Crippen LogP contribution in [0.3, 0.4) is 0 Å². The molecule has 132 valence electrons. The first kappa shape index (κ1) is 22.1. The van der Waals surface area contributed by atoms with Crippen LogP contribution in [0.5, 0.6) is 0 Å². The van der Waals surface area contributed by atoms with Crippen LogP contribution in [0.4, 0.5) is 0 Å². The molecule has 0 saturated heterocycles. The van der Waals surface area contributed by atoms with Crippen LogP contribution in [0, 0.1) is 5.92 Å². The maximum absolute atomic E-state index is 11.4. The Kier molecular flexibility index (Phi) is 9.71. The molecule has 0 bridgehead atoms. The molecule has 0 spiro atoms. The second kappa shape index (κ2) is 10.1. The van der Waals surface area contributed by atoms with Gasteiger partial charge in [0.1, 0.15) is 0 Å². The van der Waals surface area contributed by atoms with Crippen LogP contribution in [0.1, 0.15) is 33.3 Å². The van der Waals surface area contributed by atoms with E-state index < -0.39 is 10.0 Å². The standard InChI is InChI=1S/C15H26N4O2S.HI/c1-5-17-15(19-12(4)11(2)3)18-10-13-7-6-8-14(9-13)22(16,20)21;/h6-9,11-12H,5,10H2,1-4H3,(H2,16,20,21)(H2,17,18,19);1H. The molecule has 1 unspecified atom stereocenters. The van der Waals surface area contributed by atoms with Gasteiger partial charge in [-0.2, -0.15) is 0 Å². The van der Waals surface area contributed by atoms with Gasteiger partial charge in [-0.25, -0.2) is 18.5 Å². The van der Waals surface area contributed by atoms with E-state index in [1.807, 2.05) is 13.0 Å². The summed E-state index contributed by atoms with van der Waals surface area (Å²) in [5, 5.41) is 11.6. The number of benzene rings is 1. The molecular formula is C15H27IN4O2S. The van der Waals surface area contributed by atoms with Gasteiger partial charge in [0.15, 0.2) is 5.96 Å². The summed E-state index contributed by atoms with van der Waals surface area (Å²) in [6.45, 7) is 9.50. The molecule has 8 heteroatoms. The first-order valence-electron chi connectivity index (χ1n) is 7.40. The van der Waals surface area contributed by atoms with Gasteiger partial charge in [0.2, 0.25) is 10.0 Å². The molecule has 0 aliphatic heterocycles. The summed E-state index contributed by atoms with van der Waals surface area (Å²) >= 11 is 0. The van der Waals surface area contributed by atoms with E-state index in [9.17, 15) is 8.42 Å². The number of nitrogens with zero attached hydrogens (tertiary/aromatic N) is 1. The molecule has 1 rings (SSSR count). The number of rotatable bonds is 6. The van der Waals surface area contributed by atoms with Crippen LogP contribution in [0.25, 0.3) is 0 Å². The molecule has 0 heterocycles. The van der Waals surface area contributed by atoms with E-state index in [1.54, 1.807) is 12.1 Å². The summed E-state index contributed by atoms with van der Waals surface area (Å²) in [6, 6.07) is 6.81. The monoisotopic (exact) mass is 454 g/mol. The van der Waals surface area contributed by atoms with Gasteiger partial charge >= 0.3 is 0 Å². The molecule has 23 heavy (non-hydrogen) atoms. The van der Waals surface area contributed by atoms with Crippen LogP contribution in [-0.2, 0) is 16.6 Å². The fourth-order valence-corrected chi connectivity index (χ4v) is 2.28. The molecule has 1 atom stereocenters. The van der Waals surface area contributed by atoms with E-state index in [1.165, 1.54) is 6.07 Å². The summed E-state index contributed by atoms with van der Waals surface area (Å²) in [4.78, 5) is 4.59. The summed E-state index contributed by atoms with van der Waals surface area (Å²) < 4.78 is 22.7. The van der Waals surface area contributed by atoms with Gasteiger partial charge in [-0.05, 0) is 37.5 Å². The van der Waals surface area contributed by atoms with Crippen molar-refractivity contribution in [3.8, 4) is 0 Å².